The fourth-order valence-electron chi connectivity index (χ4n) is 2.20. The first-order chi connectivity index (χ1) is 9.03. The minimum absolute atomic E-state index is 0.247. The highest BCUT2D eigenvalue weighted by molar-refractivity contribution is 6.07. The fourth-order valence-corrected chi connectivity index (χ4v) is 2.20. The zero-order chi connectivity index (χ0) is 13.5. The predicted molar refractivity (Wildman–Crippen MR) is 81.5 cm³/mol. The van der Waals surface area contributed by atoms with Crippen LogP contribution in [0, 0.1) is 5.41 Å². The highest BCUT2D eigenvalue weighted by atomic mass is 15.0. The number of para-hydroxylation sites is 1. The zero-order valence-electron chi connectivity index (χ0n) is 11.6. The van der Waals surface area contributed by atoms with Gasteiger partial charge in [0.2, 0.25) is 0 Å². The molecule has 2 N–H and O–H groups in total. The van der Waals surface area contributed by atoms with E-state index in [0.717, 1.165) is 23.4 Å². The number of rotatable bonds is 2. The summed E-state index contributed by atoms with van der Waals surface area (Å²) in [4.78, 5) is 7.85. The van der Waals surface area contributed by atoms with Gasteiger partial charge < -0.3 is 10.3 Å². The normalized spacial score (nSPS) is 12.2. The molecule has 0 atom stereocenters. The Hall–Kier alpha value is -2.03. The lowest BCUT2D eigenvalue weighted by molar-refractivity contribution is 0.442. The molecule has 3 aromatic rings. The summed E-state index contributed by atoms with van der Waals surface area (Å²) in [6, 6.07) is 10.5. The lowest BCUT2D eigenvalue weighted by atomic mass is 9.97. The van der Waals surface area contributed by atoms with Gasteiger partial charge in [-0.25, -0.2) is 4.98 Å². The van der Waals surface area contributed by atoms with E-state index in [4.69, 9.17) is 0 Å². The van der Waals surface area contributed by atoms with Crippen molar-refractivity contribution >= 4 is 27.6 Å². The fraction of sp³-hybridized carbons (Fsp3) is 0.312. The summed E-state index contributed by atoms with van der Waals surface area (Å²) in [6.45, 7) is 7.55. The topological polar surface area (TPSA) is 40.7 Å². The smallest absolute Gasteiger partial charge is 0.126 e. The summed E-state index contributed by atoms with van der Waals surface area (Å²) < 4.78 is 0. The van der Waals surface area contributed by atoms with E-state index < -0.39 is 0 Å². The summed E-state index contributed by atoms with van der Waals surface area (Å²) in [5.74, 6) is 0.937. The molecule has 0 saturated carbocycles. The maximum Gasteiger partial charge on any atom is 0.126 e. The van der Waals surface area contributed by atoms with Gasteiger partial charge in [0.05, 0.1) is 11.7 Å². The van der Waals surface area contributed by atoms with Crippen LogP contribution in [0.15, 0.2) is 36.5 Å². The van der Waals surface area contributed by atoms with Gasteiger partial charge in [0, 0.05) is 22.8 Å². The van der Waals surface area contributed by atoms with Crippen LogP contribution in [0.3, 0.4) is 0 Å². The first-order valence-corrected chi connectivity index (χ1v) is 6.63. The Kier molecular flexibility index (Phi) is 2.70. The van der Waals surface area contributed by atoms with E-state index in [1.807, 2.05) is 12.3 Å². The Morgan fingerprint density at radius 1 is 1.11 bits per heavy atom. The van der Waals surface area contributed by atoms with Crippen LogP contribution in [0.2, 0.25) is 0 Å². The molecule has 3 heteroatoms. The van der Waals surface area contributed by atoms with Crippen LogP contribution in [-0.2, 0) is 0 Å². The summed E-state index contributed by atoms with van der Waals surface area (Å²) in [7, 11) is 0. The van der Waals surface area contributed by atoms with Crippen molar-refractivity contribution in [2.45, 2.75) is 20.8 Å². The molecular weight excluding hydrogens is 234 g/mol. The third kappa shape index (κ3) is 2.41. The van der Waals surface area contributed by atoms with Gasteiger partial charge in [0.15, 0.2) is 0 Å². The van der Waals surface area contributed by atoms with Crippen LogP contribution in [0.5, 0.6) is 0 Å². The first kappa shape index (κ1) is 12.0. The summed E-state index contributed by atoms with van der Waals surface area (Å²) >= 11 is 0. The lowest BCUT2D eigenvalue weighted by Crippen LogP contribution is -2.19. The second kappa shape index (κ2) is 4.26. The zero-order valence-corrected chi connectivity index (χ0v) is 11.6. The molecule has 0 spiro atoms. The average molecular weight is 253 g/mol. The summed E-state index contributed by atoms with van der Waals surface area (Å²) in [6.07, 6.45) is 1.90. The van der Waals surface area contributed by atoms with E-state index >= 15 is 0 Å². The second-order valence-corrected chi connectivity index (χ2v) is 6.20. The lowest BCUT2D eigenvalue weighted by Gasteiger charge is -2.19. The minimum Gasteiger partial charge on any atom is -0.370 e. The van der Waals surface area contributed by atoms with Crippen LogP contribution in [0.25, 0.3) is 21.8 Å². The van der Waals surface area contributed by atoms with Crippen LogP contribution in [0.1, 0.15) is 20.8 Å². The van der Waals surface area contributed by atoms with E-state index in [0.29, 0.717) is 0 Å². The Morgan fingerprint density at radius 3 is 2.68 bits per heavy atom. The van der Waals surface area contributed by atoms with Gasteiger partial charge in [-0.1, -0.05) is 39.0 Å². The Bertz CT molecular complexity index is 720. The number of nitrogens with one attached hydrogen (secondary N) is 2. The molecule has 1 aromatic carbocycles. The molecule has 0 saturated heterocycles. The molecule has 2 heterocycles. The molecule has 0 bridgehead atoms. The molecule has 0 fully saturated rings. The predicted octanol–water partition coefficient (Wildman–Crippen LogP) is 4.17. The van der Waals surface area contributed by atoms with Gasteiger partial charge in [0.25, 0.3) is 0 Å². The quantitative estimate of drug-likeness (QED) is 0.719. The first-order valence-electron chi connectivity index (χ1n) is 6.63. The van der Waals surface area contributed by atoms with E-state index in [1.165, 1.54) is 10.8 Å². The van der Waals surface area contributed by atoms with E-state index in [-0.39, 0.29) is 5.41 Å². The molecule has 2 aromatic heterocycles. The van der Waals surface area contributed by atoms with Gasteiger partial charge >= 0.3 is 0 Å². The number of fused-ring (bicyclic) bond motifs is 3. The number of pyridine rings is 1. The second-order valence-electron chi connectivity index (χ2n) is 6.20. The van der Waals surface area contributed by atoms with Crippen LogP contribution < -0.4 is 5.32 Å². The minimum atomic E-state index is 0.247. The third-order valence-corrected chi connectivity index (χ3v) is 3.19. The van der Waals surface area contributed by atoms with Crippen molar-refractivity contribution in [2.24, 2.45) is 5.41 Å². The number of nitrogens with zero attached hydrogens (tertiary/aromatic N) is 1. The SMILES string of the molecule is CC(C)(C)CNc1cc2c(cn1)[nH]c1ccccc12. The van der Waals surface area contributed by atoms with Crippen molar-refractivity contribution in [2.75, 3.05) is 11.9 Å². The number of aromatic nitrogens is 2. The van der Waals surface area contributed by atoms with Crippen molar-refractivity contribution in [1.29, 1.82) is 0 Å². The third-order valence-electron chi connectivity index (χ3n) is 3.19. The van der Waals surface area contributed by atoms with Gasteiger partial charge in [-0.15, -0.1) is 0 Å². The molecule has 19 heavy (non-hydrogen) atoms. The van der Waals surface area contributed by atoms with Crippen molar-refractivity contribution in [1.82, 2.24) is 9.97 Å². The van der Waals surface area contributed by atoms with Crippen molar-refractivity contribution < 1.29 is 0 Å². The summed E-state index contributed by atoms with van der Waals surface area (Å²) in [5.41, 5.74) is 2.49. The molecule has 98 valence electrons. The van der Waals surface area contributed by atoms with Crippen LogP contribution in [-0.4, -0.2) is 16.5 Å². The van der Waals surface area contributed by atoms with Gasteiger partial charge in [0.1, 0.15) is 5.82 Å². The van der Waals surface area contributed by atoms with Crippen LogP contribution in [0.4, 0.5) is 5.82 Å². The maximum atomic E-state index is 4.46. The van der Waals surface area contributed by atoms with E-state index in [9.17, 15) is 0 Å². The number of hydrogen-bond donors (Lipinski definition) is 2. The van der Waals surface area contributed by atoms with Crippen molar-refractivity contribution in [3.8, 4) is 0 Å². The Balaban J connectivity index is 2.02. The highest BCUT2D eigenvalue weighted by Crippen LogP contribution is 2.26. The number of hydrogen-bond acceptors (Lipinski definition) is 2. The van der Waals surface area contributed by atoms with E-state index in [1.54, 1.807) is 0 Å². The van der Waals surface area contributed by atoms with E-state index in [2.05, 4.69) is 60.3 Å². The number of anilines is 1. The van der Waals surface area contributed by atoms with Crippen LogP contribution >= 0.6 is 0 Å². The molecule has 0 aliphatic rings. The molecule has 0 amide bonds. The molecule has 0 unspecified atom stereocenters. The number of aromatic amines is 1. The average Bonchev–Trinajstić information content (AvgIpc) is 2.73. The summed E-state index contributed by atoms with van der Waals surface area (Å²) in [5, 5.41) is 5.88. The molecule has 0 aliphatic heterocycles. The highest BCUT2D eigenvalue weighted by Gasteiger charge is 2.10. The molecule has 3 nitrogen and oxygen atoms in total. The maximum absolute atomic E-state index is 4.46. The van der Waals surface area contributed by atoms with Crippen molar-refractivity contribution in [3.05, 3.63) is 36.5 Å². The van der Waals surface area contributed by atoms with Gasteiger partial charge in [-0.2, -0.15) is 0 Å². The Labute approximate surface area is 113 Å². The van der Waals surface area contributed by atoms with Gasteiger partial charge in [-0.05, 0) is 17.5 Å². The largest absolute Gasteiger partial charge is 0.370 e. The monoisotopic (exact) mass is 253 g/mol. The molecule has 3 rings (SSSR count). The number of benzene rings is 1. The van der Waals surface area contributed by atoms with Crippen molar-refractivity contribution in [3.63, 3.8) is 0 Å². The standard InChI is InChI=1S/C16H19N3/c1-16(2,3)10-18-15-8-12-11-6-4-5-7-13(11)19-14(12)9-17-15/h4-9,19H,10H2,1-3H3,(H,17,18). The molecular formula is C16H19N3. The van der Waals surface area contributed by atoms with Gasteiger partial charge in [-0.3, -0.25) is 0 Å². The molecule has 0 radical (unpaired) electrons. The number of H-pyrrole nitrogens is 1. The Morgan fingerprint density at radius 2 is 1.89 bits per heavy atom. The molecule has 0 aliphatic carbocycles.